The molecule has 0 spiro atoms. The second-order valence-electron chi connectivity index (χ2n) is 2.70. The van der Waals surface area contributed by atoms with Gasteiger partial charge in [-0.15, -0.1) is 0 Å². The topological polar surface area (TPSA) is 26.3 Å². The summed E-state index contributed by atoms with van der Waals surface area (Å²) < 4.78 is 4.52. The number of rotatable bonds is 7. The van der Waals surface area contributed by atoms with E-state index in [0.29, 0.717) is 6.42 Å². The monoisotopic (exact) mass is 188 g/mol. The molecule has 2 nitrogen and oxygen atoms in total. The standard InChI is InChI=1S/C9H16O2S/c1-11-9(10)7-5-3-2-4-6-8-12/h8H,2-7H2,1H3. The number of hydrogen-bond acceptors (Lipinski definition) is 3. The van der Waals surface area contributed by atoms with Gasteiger partial charge in [0.25, 0.3) is 0 Å². The highest BCUT2D eigenvalue weighted by atomic mass is 32.1. The molecule has 0 atom stereocenters. The minimum absolute atomic E-state index is 0.107. The van der Waals surface area contributed by atoms with Crippen molar-refractivity contribution in [1.29, 1.82) is 0 Å². The molecule has 0 saturated heterocycles. The van der Waals surface area contributed by atoms with Crippen LogP contribution in [0.15, 0.2) is 0 Å². The molecule has 0 aromatic heterocycles. The van der Waals surface area contributed by atoms with Crippen LogP contribution in [-0.2, 0) is 9.53 Å². The Hall–Kier alpha value is -0.440. The zero-order valence-electron chi connectivity index (χ0n) is 7.54. The number of carbonyl (C=O) groups excluding carboxylic acids is 1. The van der Waals surface area contributed by atoms with Gasteiger partial charge in [0.15, 0.2) is 0 Å². The van der Waals surface area contributed by atoms with E-state index in [1.54, 1.807) is 5.37 Å². The maximum Gasteiger partial charge on any atom is 0.305 e. The maximum atomic E-state index is 10.7. The van der Waals surface area contributed by atoms with Crippen LogP contribution in [0.5, 0.6) is 0 Å². The molecule has 0 heterocycles. The van der Waals surface area contributed by atoms with Gasteiger partial charge < -0.3 is 4.74 Å². The predicted octanol–water partition coefficient (Wildman–Crippen LogP) is 2.50. The van der Waals surface area contributed by atoms with Gasteiger partial charge in [0, 0.05) is 6.42 Å². The molecular weight excluding hydrogens is 172 g/mol. The Bertz CT molecular complexity index is 134. The van der Waals surface area contributed by atoms with Gasteiger partial charge in [0.05, 0.1) is 7.11 Å². The zero-order chi connectivity index (χ0) is 9.23. The lowest BCUT2D eigenvalue weighted by Crippen LogP contribution is -1.99. The first-order valence-electron chi connectivity index (χ1n) is 4.31. The van der Waals surface area contributed by atoms with E-state index in [1.807, 2.05) is 0 Å². The second kappa shape index (κ2) is 8.65. The SMILES string of the molecule is COC(=O)CCCCCCC=S. The average Bonchev–Trinajstić information content (AvgIpc) is 2.10. The Morgan fingerprint density at radius 1 is 1.33 bits per heavy atom. The molecule has 0 rings (SSSR count). The lowest BCUT2D eigenvalue weighted by atomic mass is 10.1. The third-order valence-corrected chi connectivity index (χ3v) is 1.92. The quantitative estimate of drug-likeness (QED) is 0.349. The van der Waals surface area contributed by atoms with Gasteiger partial charge in [-0.3, -0.25) is 4.79 Å². The Balaban J connectivity index is 3.00. The van der Waals surface area contributed by atoms with Crippen LogP contribution in [0.3, 0.4) is 0 Å². The van der Waals surface area contributed by atoms with E-state index in [1.165, 1.54) is 7.11 Å². The summed E-state index contributed by atoms with van der Waals surface area (Å²) in [6.45, 7) is 0. The molecule has 0 aromatic rings. The number of methoxy groups -OCH3 is 1. The van der Waals surface area contributed by atoms with Gasteiger partial charge in [-0.25, -0.2) is 0 Å². The lowest BCUT2D eigenvalue weighted by Gasteiger charge is -1.98. The highest BCUT2D eigenvalue weighted by Crippen LogP contribution is 2.04. The van der Waals surface area contributed by atoms with Crippen molar-refractivity contribution in [3.05, 3.63) is 0 Å². The minimum Gasteiger partial charge on any atom is -0.469 e. The summed E-state index contributed by atoms with van der Waals surface area (Å²) in [6.07, 6.45) is 5.89. The van der Waals surface area contributed by atoms with Gasteiger partial charge >= 0.3 is 5.97 Å². The molecule has 0 N–H and O–H groups in total. The Morgan fingerprint density at radius 3 is 2.58 bits per heavy atom. The largest absolute Gasteiger partial charge is 0.469 e. The average molecular weight is 188 g/mol. The third kappa shape index (κ3) is 7.66. The second-order valence-corrected chi connectivity index (χ2v) is 3.03. The van der Waals surface area contributed by atoms with Crippen LogP contribution < -0.4 is 0 Å². The normalized spacial score (nSPS) is 9.42. The first-order chi connectivity index (χ1) is 5.81. The summed E-state index contributed by atoms with van der Waals surface area (Å²) in [6, 6.07) is 0. The molecule has 0 amide bonds. The van der Waals surface area contributed by atoms with Crippen molar-refractivity contribution < 1.29 is 9.53 Å². The first kappa shape index (κ1) is 11.6. The van der Waals surface area contributed by atoms with Gasteiger partial charge in [0.2, 0.25) is 0 Å². The van der Waals surface area contributed by atoms with E-state index in [4.69, 9.17) is 12.2 Å². The Kier molecular flexibility index (Phi) is 8.34. The van der Waals surface area contributed by atoms with Crippen molar-refractivity contribution >= 4 is 23.6 Å². The molecule has 0 aliphatic carbocycles. The maximum absolute atomic E-state index is 10.7. The van der Waals surface area contributed by atoms with E-state index in [2.05, 4.69) is 4.74 Å². The molecular formula is C9H16O2S. The van der Waals surface area contributed by atoms with Gasteiger partial charge in [-0.1, -0.05) is 25.1 Å². The molecule has 0 radical (unpaired) electrons. The first-order valence-corrected chi connectivity index (χ1v) is 4.79. The molecule has 0 bridgehead atoms. The van der Waals surface area contributed by atoms with Gasteiger partial charge in [-0.05, 0) is 24.6 Å². The summed E-state index contributed by atoms with van der Waals surface area (Å²) in [5.41, 5.74) is 0. The molecule has 0 aliphatic heterocycles. The fourth-order valence-electron chi connectivity index (χ4n) is 0.953. The van der Waals surface area contributed by atoms with Crippen molar-refractivity contribution in [3.63, 3.8) is 0 Å². The van der Waals surface area contributed by atoms with E-state index in [0.717, 1.165) is 32.1 Å². The molecule has 12 heavy (non-hydrogen) atoms. The smallest absolute Gasteiger partial charge is 0.305 e. The fraction of sp³-hybridized carbons (Fsp3) is 0.778. The summed E-state index contributed by atoms with van der Waals surface area (Å²) >= 11 is 4.69. The molecule has 70 valence electrons. The van der Waals surface area contributed by atoms with Crippen molar-refractivity contribution in [2.45, 2.75) is 38.5 Å². The zero-order valence-corrected chi connectivity index (χ0v) is 8.36. The Morgan fingerprint density at radius 2 is 2.00 bits per heavy atom. The van der Waals surface area contributed by atoms with Crippen molar-refractivity contribution in [3.8, 4) is 0 Å². The summed E-state index contributed by atoms with van der Waals surface area (Å²) in [5, 5.41) is 1.76. The summed E-state index contributed by atoms with van der Waals surface area (Å²) in [5.74, 6) is -0.107. The van der Waals surface area contributed by atoms with E-state index < -0.39 is 0 Å². The van der Waals surface area contributed by atoms with Crippen LogP contribution in [0, 0.1) is 0 Å². The van der Waals surface area contributed by atoms with Crippen LogP contribution in [-0.4, -0.2) is 18.4 Å². The van der Waals surface area contributed by atoms with E-state index in [-0.39, 0.29) is 5.97 Å². The van der Waals surface area contributed by atoms with Crippen LogP contribution in [0.25, 0.3) is 0 Å². The molecule has 0 aromatic carbocycles. The van der Waals surface area contributed by atoms with Crippen LogP contribution in [0.4, 0.5) is 0 Å². The van der Waals surface area contributed by atoms with Crippen LogP contribution in [0.1, 0.15) is 38.5 Å². The third-order valence-electron chi connectivity index (χ3n) is 1.68. The number of thiocarbonyl (C=S) groups is 1. The van der Waals surface area contributed by atoms with Crippen molar-refractivity contribution in [2.75, 3.05) is 7.11 Å². The molecule has 0 saturated carbocycles. The summed E-state index contributed by atoms with van der Waals surface area (Å²) in [7, 11) is 1.43. The number of hydrogen-bond donors (Lipinski definition) is 0. The molecule has 3 heteroatoms. The number of ether oxygens (including phenoxy) is 1. The van der Waals surface area contributed by atoms with Crippen LogP contribution in [0.2, 0.25) is 0 Å². The minimum atomic E-state index is -0.107. The molecule has 0 aliphatic rings. The van der Waals surface area contributed by atoms with E-state index in [9.17, 15) is 4.79 Å². The summed E-state index contributed by atoms with van der Waals surface area (Å²) in [4.78, 5) is 10.7. The van der Waals surface area contributed by atoms with Crippen molar-refractivity contribution in [1.82, 2.24) is 0 Å². The van der Waals surface area contributed by atoms with Crippen LogP contribution >= 0.6 is 12.2 Å². The number of unbranched alkanes of at least 4 members (excludes halogenated alkanes) is 4. The predicted molar refractivity (Wildman–Crippen MR) is 53.4 cm³/mol. The fourth-order valence-corrected chi connectivity index (χ4v) is 1.12. The highest BCUT2D eigenvalue weighted by molar-refractivity contribution is 7.78. The number of carbonyl (C=O) groups is 1. The van der Waals surface area contributed by atoms with Crippen molar-refractivity contribution in [2.24, 2.45) is 0 Å². The highest BCUT2D eigenvalue weighted by Gasteiger charge is 1.98. The van der Waals surface area contributed by atoms with Gasteiger partial charge in [0.1, 0.15) is 0 Å². The Labute approximate surface area is 79.3 Å². The molecule has 0 fully saturated rings. The molecule has 0 unspecified atom stereocenters. The van der Waals surface area contributed by atoms with Gasteiger partial charge in [-0.2, -0.15) is 0 Å². The van der Waals surface area contributed by atoms with E-state index >= 15 is 0 Å². The lowest BCUT2D eigenvalue weighted by molar-refractivity contribution is -0.140. The number of esters is 1.